The molecule has 116 valence electrons. The van der Waals surface area contributed by atoms with Gasteiger partial charge in [-0.2, -0.15) is 0 Å². The Kier molecular flexibility index (Phi) is 13.0. The van der Waals surface area contributed by atoms with Gasteiger partial charge in [0.2, 0.25) is 0 Å². The van der Waals surface area contributed by atoms with Crippen molar-refractivity contribution in [3.05, 3.63) is 30.6 Å². The SMILES string of the molecule is CC(O)C(=O)[O-].CC(O)C(=O)[O-].[Ca+2].c1ccc2[nH]cnc2c1. The third-order valence-corrected chi connectivity index (χ3v) is 2.01. The standard InChI is InChI=1S/C7H6N2.2C3H6O3.Ca/c1-2-4-7-6(3-1)8-5-9-7;2*1-2(4)3(5)6;/h1-5H,(H,8,9);2*2,4H,1H3,(H,5,6);/q;;;+2/p-2. The van der Waals surface area contributed by atoms with E-state index in [1.54, 1.807) is 6.33 Å². The number of carbonyl (C=O) groups is 2. The number of para-hydroxylation sites is 2. The van der Waals surface area contributed by atoms with Crippen LogP contribution in [0.25, 0.3) is 11.0 Å². The Labute approximate surface area is 156 Å². The summed E-state index contributed by atoms with van der Waals surface area (Å²) in [5.74, 6) is -2.87. The van der Waals surface area contributed by atoms with E-state index >= 15 is 0 Å². The van der Waals surface area contributed by atoms with Crippen molar-refractivity contribution in [2.24, 2.45) is 0 Å². The summed E-state index contributed by atoms with van der Waals surface area (Å²) in [6.45, 7) is 2.27. The Morgan fingerprint density at radius 3 is 1.86 bits per heavy atom. The van der Waals surface area contributed by atoms with Gasteiger partial charge in [-0.05, 0) is 26.0 Å². The molecule has 0 aliphatic heterocycles. The first-order valence-corrected chi connectivity index (χ1v) is 5.91. The normalized spacial score (nSPS) is 11.6. The average molecular weight is 336 g/mol. The van der Waals surface area contributed by atoms with Crippen molar-refractivity contribution in [3.8, 4) is 0 Å². The van der Waals surface area contributed by atoms with Crippen molar-refractivity contribution in [1.82, 2.24) is 9.97 Å². The van der Waals surface area contributed by atoms with Crippen molar-refractivity contribution in [2.45, 2.75) is 26.1 Å². The molecule has 1 aromatic carbocycles. The fraction of sp³-hybridized carbons (Fsp3) is 0.308. The summed E-state index contributed by atoms with van der Waals surface area (Å²) in [4.78, 5) is 25.7. The van der Waals surface area contributed by atoms with E-state index in [2.05, 4.69) is 9.97 Å². The molecule has 0 fully saturated rings. The molecule has 2 aromatic rings. The molecule has 0 bridgehead atoms. The predicted octanol–water partition coefficient (Wildman–Crippen LogP) is -2.58. The summed E-state index contributed by atoms with van der Waals surface area (Å²) < 4.78 is 0. The van der Waals surface area contributed by atoms with Gasteiger partial charge in [-0.3, -0.25) is 0 Å². The molecule has 0 spiro atoms. The molecule has 9 heteroatoms. The molecule has 0 saturated heterocycles. The monoisotopic (exact) mass is 336 g/mol. The molecule has 2 rings (SSSR count). The number of carboxylic acids is 2. The maximum atomic E-state index is 9.34. The molecule has 0 aliphatic carbocycles. The number of carboxylic acid groups (broad SMARTS) is 2. The van der Waals surface area contributed by atoms with Gasteiger partial charge in [0.1, 0.15) is 0 Å². The number of carbonyl (C=O) groups excluding carboxylic acids is 2. The molecular weight excluding hydrogens is 320 g/mol. The minimum atomic E-state index is -1.44. The van der Waals surface area contributed by atoms with Crippen molar-refractivity contribution < 1.29 is 30.0 Å². The number of fused-ring (bicyclic) bond motifs is 1. The van der Waals surface area contributed by atoms with Crippen LogP contribution in [0.4, 0.5) is 0 Å². The minimum absolute atomic E-state index is 0. The molecule has 22 heavy (non-hydrogen) atoms. The number of aromatic amines is 1. The fourth-order valence-electron chi connectivity index (χ4n) is 0.880. The van der Waals surface area contributed by atoms with Crippen molar-refractivity contribution in [1.29, 1.82) is 0 Å². The number of hydrogen-bond acceptors (Lipinski definition) is 7. The third kappa shape index (κ3) is 10.5. The van der Waals surface area contributed by atoms with E-state index in [0.29, 0.717) is 0 Å². The third-order valence-electron chi connectivity index (χ3n) is 2.01. The van der Waals surface area contributed by atoms with Crippen LogP contribution in [0.3, 0.4) is 0 Å². The molecule has 0 amide bonds. The van der Waals surface area contributed by atoms with Crippen molar-refractivity contribution in [3.63, 3.8) is 0 Å². The number of benzene rings is 1. The van der Waals surface area contributed by atoms with Gasteiger partial charge in [-0.25, -0.2) is 4.98 Å². The second kappa shape index (κ2) is 12.4. The van der Waals surface area contributed by atoms with Crippen LogP contribution >= 0.6 is 0 Å². The first-order chi connectivity index (χ1) is 9.75. The molecule has 8 nitrogen and oxygen atoms in total. The fourth-order valence-corrected chi connectivity index (χ4v) is 0.880. The smallest absolute Gasteiger partial charge is 0.547 e. The summed E-state index contributed by atoms with van der Waals surface area (Å²) in [6, 6.07) is 7.94. The molecule has 1 heterocycles. The Bertz CT molecular complexity index is 522. The van der Waals surface area contributed by atoms with Crippen LogP contribution in [-0.4, -0.2) is 82.1 Å². The molecular formula is C13H16CaN2O6. The number of H-pyrrole nitrogens is 1. The first-order valence-electron chi connectivity index (χ1n) is 5.91. The topological polar surface area (TPSA) is 149 Å². The van der Waals surface area contributed by atoms with Crippen molar-refractivity contribution in [2.75, 3.05) is 0 Å². The van der Waals surface area contributed by atoms with Gasteiger partial charge in [0, 0.05) is 0 Å². The second-order valence-corrected chi connectivity index (χ2v) is 3.91. The summed E-state index contributed by atoms with van der Waals surface area (Å²) >= 11 is 0. The quantitative estimate of drug-likeness (QED) is 0.510. The van der Waals surface area contributed by atoms with E-state index in [1.165, 1.54) is 0 Å². The van der Waals surface area contributed by atoms with Crippen LogP contribution in [0.1, 0.15) is 13.8 Å². The maximum absolute atomic E-state index is 9.34. The van der Waals surface area contributed by atoms with E-state index in [0.717, 1.165) is 24.9 Å². The van der Waals surface area contributed by atoms with E-state index in [4.69, 9.17) is 10.2 Å². The van der Waals surface area contributed by atoms with Crippen LogP contribution < -0.4 is 10.2 Å². The van der Waals surface area contributed by atoms with Gasteiger partial charge in [0.15, 0.2) is 0 Å². The average Bonchev–Trinajstić information content (AvgIpc) is 2.88. The summed E-state index contributed by atoms with van der Waals surface area (Å²) in [5.41, 5.74) is 2.12. The zero-order valence-corrected chi connectivity index (χ0v) is 14.4. The van der Waals surface area contributed by atoms with Gasteiger partial charge in [0.05, 0.1) is 41.5 Å². The molecule has 2 unspecified atom stereocenters. The number of aromatic nitrogens is 2. The Morgan fingerprint density at radius 2 is 1.50 bits per heavy atom. The van der Waals surface area contributed by atoms with Crippen LogP contribution in [0.15, 0.2) is 30.6 Å². The molecule has 0 aliphatic rings. The van der Waals surface area contributed by atoms with Crippen LogP contribution in [0.5, 0.6) is 0 Å². The summed E-state index contributed by atoms with van der Waals surface area (Å²) in [7, 11) is 0. The number of hydrogen-bond donors (Lipinski definition) is 3. The largest absolute Gasteiger partial charge is 2.00 e. The molecule has 2 atom stereocenters. The number of imidazole rings is 1. The van der Waals surface area contributed by atoms with E-state index in [-0.39, 0.29) is 37.7 Å². The minimum Gasteiger partial charge on any atom is -0.547 e. The maximum Gasteiger partial charge on any atom is 2.00 e. The summed E-state index contributed by atoms with van der Waals surface area (Å²) in [6.07, 6.45) is -0.986. The Balaban J connectivity index is 0. The van der Waals surface area contributed by atoms with Crippen molar-refractivity contribution >= 4 is 60.7 Å². The van der Waals surface area contributed by atoms with Crippen LogP contribution in [0.2, 0.25) is 0 Å². The van der Waals surface area contributed by atoms with E-state index in [1.807, 2.05) is 24.3 Å². The van der Waals surface area contributed by atoms with Crippen LogP contribution in [-0.2, 0) is 9.59 Å². The first kappa shape index (κ1) is 23.1. The molecule has 3 N–H and O–H groups in total. The summed E-state index contributed by atoms with van der Waals surface area (Å²) in [5, 5.41) is 34.6. The number of rotatable bonds is 2. The number of nitrogens with zero attached hydrogens (tertiary/aromatic N) is 1. The number of nitrogens with one attached hydrogen (secondary N) is 1. The van der Waals surface area contributed by atoms with Gasteiger partial charge in [0.25, 0.3) is 0 Å². The Morgan fingerprint density at radius 1 is 1.09 bits per heavy atom. The Hall–Kier alpha value is -1.19. The van der Waals surface area contributed by atoms with Crippen LogP contribution in [0, 0.1) is 0 Å². The van der Waals surface area contributed by atoms with Gasteiger partial charge in [-0.15, -0.1) is 0 Å². The number of aliphatic hydroxyl groups is 2. The molecule has 0 radical (unpaired) electrons. The second-order valence-electron chi connectivity index (χ2n) is 3.91. The van der Waals surface area contributed by atoms with Gasteiger partial charge < -0.3 is 35.0 Å². The molecule has 1 aromatic heterocycles. The molecule has 0 saturated carbocycles. The van der Waals surface area contributed by atoms with Gasteiger partial charge in [-0.1, -0.05) is 12.1 Å². The zero-order chi connectivity index (χ0) is 16.4. The number of aliphatic hydroxyl groups excluding tert-OH is 2. The van der Waals surface area contributed by atoms with E-state index < -0.39 is 24.1 Å². The van der Waals surface area contributed by atoms with Gasteiger partial charge >= 0.3 is 37.7 Å². The zero-order valence-electron chi connectivity index (χ0n) is 12.2. The van der Waals surface area contributed by atoms with E-state index in [9.17, 15) is 19.8 Å². The predicted molar refractivity (Wildman–Crippen MR) is 75.2 cm³/mol. The number of aliphatic carboxylic acids is 2.